The second kappa shape index (κ2) is 5.74. The first-order valence-corrected chi connectivity index (χ1v) is 7.46. The molecule has 0 saturated carbocycles. The van der Waals surface area contributed by atoms with E-state index in [2.05, 4.69) is 0 Å². The molecule has 0 N–H and O–H groups in total. The van der Waals surface area contributed by atoms with Gasteiger partial charge in [0, 0.05) is 5.02 Å². The van der Waals surface area contributed by atoms with E-state index in [1.807, 2.05) is 6.92 Å². The van der Waals surface area contributed by atoms with Crippen molar-refractivity contribution in [1.29, 1.82) is 0 Å². The molecule has 2 aromatic rings. The Balaban J connectivity index is 2.12. The molecule has 100 valence electrons. The average Bonchev–Trinajstić information content (AvgIpc) is 2.37. The second-order valence-electron chi connectivity index (χ2n) is 4.16. The van der Waals surface area contributed by atoms with Crippen LogP contribution < -0.4 is 0 Å². The van der Waals surface area contributed by atoms with E-state index in [4.69, 9.17) is 15.8 Å². The molecule has 0 unspecified atom stereocenters. The van der Waals surface area contributed by atoms with Crippen molar-refractivity contribution in [3.8, 4) is 0 Å². The molecular weight excluding hydrogens is 284 g/mol. The van der Waals surface area contributed by atoms with Gasteiger partial charge < -0.3 is 0 Å². The molecule has 19 heavy (non-hydrogen) atoms. The number of hydrogen-bond donors (Lipinski definition) is 0. The predicted octanol–water partition coefficient (Wildman–Crippen LogP) is 3.55. The lowest BCUT2D eigenvalue weighted by molar-refractivity contribution is 0.308. The van der Waals surface area contributed by atoms with Gasteiger partial charge in [0.05, 0.1) is 11.5 Å². The van der Waals surface area contributed by atoms with Crippen molar-refractivity contribution in [2.75, 3.05) is 0 Å². The monoisotopic (exact) mass is 296 g/mol. The molecule has 3 nitrogen and oxygen atoms in total. The van der Waals surface area contributed by atoms with Gasteiger partial charge >= 0.3 is 0 Å². The largest absolute Gasteiger partial charge is 0.297 e. The minimum Gasteiger partial charge on any atom is -0.262 e. The number of halogens is 1. The van der Waals surface area contributed by atoms with Crippen LogP contribution in [0.1, 0.15) is 11.1 Å². The van der Waals surface area contributed by atoms with Crippen LogP contribution in [0.5, 0.6) is 0 Å². The van der Waals surface area contributed by atoms with Crippen LogP contribution in [-0.4, -0.2) is 8.42 Å². The maximum Gasteiger partial charge on any atom is 0.297 e. The Hall–Kier alpha value is -1.36. The van der Waals surface area contributed by atoms with Crippen LogP contribution in [0, 0.1) is 6.92 Å². The first kappa shape index (κ1) is 14.1. The third-order valence-corrected chi connectivity index (χ3v) is 4.09. The summed E-state index contributed by atoms with van der Waals surface area (Å²) in [6.45, 7) is 1.86. The van der Waals surface area contributed by atoms with Crippen LogP contribution in [0.4, 0.5) is 0 Å². The van der Waals surface area contributed by atoms with Crippen molar-refractivity contribution in [1.82, 2.24) is 0 Å². The van der Waals surface area contributed by atoms with Crippen LogP contribution in [0.15, 0.2) is 53.4 Å². The molecule has 0 atom stereocenters. The Labute approximate surface area is 117 Å². The van der Waals surface area contributed by atoms with Crippen molar-refractivity contribution in [3.63, 3.8) is 0 Å². The summed E-state index contributed by atoms with van der Waals surface area (Å²) in [4.78, 5) is 0.153. The number of benzene rings is 2. The van der Waals surface area contributed by atoms with Gasteiger partial charge in [-0.15, -0.1) is 0 Å². The lowest BCUT2D eigenvalue weighted by Crippen LogP contribution is -2.06. The van der Waals surface area contributed by atoms with E-state index in [1.165, 1.54) is 12.1 Å². The van der Waals surface area contributed by atoms with E-state index in [1.54, 1.807) is 36.4 Å². The molecule has 0 radical (unpaired) electrons. The smallest absolute Gasteiger partial charge is 0.262 e. The third-order valence-electron chi connectivity index (χ3n) is 2.58. The van der Waals surface area contributed by atoms with E-state index < -0.39 is 10.1 Å². The molecular formula is C14H13ClO3S. The molecule has 0 aliphatic rings. The summed E-state index contributed by atoms with van der Waals surface area (Å²) in [5.74, 6) is 0. The molecule has 0 fully saturated rings. The zero-order valence-corrected chi connectivity index (χ0v) is 11.9. The molecule has 0 saturated heterocycles. The van der Waals surface area contributed by atoms with Crippen molar-refractivity contribution in [2.24, 2.45) is 0 Å². The quantitative estimate of drug-likeness (QED) is 0.810. The highest BCUT2D eigenvalue weighted by Crippen LogP contribution is 2.17. The first-order valence-electron chi connectivity index (χ1n) is 5.68. The third kappa shape index (κ3) is 3.80. The summed E-state index contributed by atoms with van der Waals surface area (Å²) in [6, 6.07) is 13.4. The highest BCUT2D eigenvalue weighted by molar-refractivity contribution is 7.86. The van der Waals surface area contributed by atoms with E-state index in [0.29, 0.717) is 10.6 Å². The number of hydrogen-bond acceptors (Lipinski definition) is 3. The Kier molecular flexibility index (Phi) is 4.24. The average molecular weight is 297 g/mol. The van der Waals surface area contributed by atoms with Gasteiger partial charge in [-0.2, -0.15) is 8.42 Å². The molecule has 0 aromatic heterocycles. The van der Waals surface area contributed by atoms with Crippen molar-refractivity contribution < 1.29 is 12.6 Å². The topological polar surface area (TPSA) is 43.4 Å². The summed E-state index contributed by atoms with van der Waals surface area (Å²) in [5.41, 5.74) is 1.71. The molecule has 0 heterocycles. The fourth-order valence-corrected chi connectivity index (χ4v) is 2.65. The lowest BCUT2D eigenvalue weighted by Gasteiger charge is -2.06. The van der Waals surface area contributed by atoms with Gasteiger partial charge in [0.1, 0.15) is 0 Å². The van der Waals surface area contributed by atoms with Crippen molar-refractivity contribution in [3.05, 3.63) is 64.7 Å². The normalized spacial score (nSPS) is 11.5. The summed E-state index contributed by atoms with van der Waals surface area (Å²) in [5, 5.41) is 0.550. The van der Waals surface area contributed by atoms with Gasteiger partial charge in [-0.3, -0.25) is 4.18 Å². The molecule has 0 aliphatic heterocycles. The fraction of sp³-hybridized carbons (Fsp3) is 0.143. The Morgan fingerprint density at radius 3 is 2.42 bits per heavy atom. The summed E-state index contributed by atoms with van der Waals surface area (Å²) >= 11 is 5.82. The molecule has 0 bridgehead atoms. The van der Waals surface area contributed by atoms with E-state index in [9.17, 15) is 8.42 Å². The van der Waals surface area contributed by atoms with E-state index in [0.717, 1.165) is 5.56 Å². The van der Waals surface area contributed by atoms with Gasteiger partial charge in [0.15, 0.2) is 0 Å². The van der Waals surface area contributed by atoms with Gasteiger partial charge in [-0.25, -0.2) is 0 Å². The van der Waals surface area contributed by atoms with Gasteiger partial charge in [-0.1, -0.05) is 41.4 Å². The molecule has 0 amide bonds. The van der Waals surface area contributed by atoms with Crippen LogP contribution in [0.3, 0.4) is 0 Å². The molecule has 0 aliphatic carbocycles. The van der Waals surface area contributed by atoms with Crippen LogP contribution in [0.25, 0.3) is 0 Å². The van der Waals surface area contributed by atoms with Crippen LogP contribution in [-0.2, 0) is 20.9 Å². The number of rotatable bonds is 4. The van der Waals surface area contributed by atoms with Crippen LogP contribution >= 0.6 is 11.6 Å². The van der Waals surface area contributed by atoms with Crippen LogP contribution in [0.2, 0.25) is 5.02 Å². The SMILES string of the molecule is Cc1ccc(S(=O)(=O)OCc2cccc(Cl)c2)cc1. The molecule has 2 rings (SSSR count). The van der Waals surface area contributed by atoms with Crippen molar-refractivity contribution in [2.45, 2.75) is 18.4 Å². The minimum absolute atomic E-state index is 0.0310. The Morgan fingerprint density at radius 1 is 1.11 bits per heavy atom. The second-order valence-corrected chi connectivity index (χ2v) is 6.21. The summed E-state index contributed by atoms with van der Waals surface area (Å²) in [7, 11) is -3.73. The zero-order chi connectivity index (χ0) is 13.9. The Morgan fingerprint density at radius 2 is 1.79 bits per heavy atom. The Bertz CT molecular complexity index is 663. The fourth-order valence-electron chi connectivity index (χ4n) is 1.55. The van der Waals surface area contributed by atoms with Gasteiger partial charge in [0.2, 0.25) is 0 Å². The summed E-state index contributed by atoms with van der Waals surface area (Å²) < 4.78 is 28.9. The molecule has 2 aromatic carbocycles. The summed E-state index contributed by atoms with van der Waals surface area (Å²) in [6.07, 6.45) is 0. The maximum atomic E-state index is 11.9. The van der Waals surface area contributed by atoms with Gasteiger partial charge in [0.25, 0.3) is 10.1 Å². The number of aryl methyl sites for hydroxylation is 1. The minimum atomic E-state index is -3.73. The van der Waals surface area contributed by atoms with Gasteiger partial charge in [-0.05, 0) is 36.8 Å². The van der Waals surface area contributed by atoms with E-state index in [-0.39, 0.29) is 11.5 Å². The van der Waals surface area contributed by atoms with Crippen molar-refractivity contribution >= 4 is 21.7 Å². The first-order chi connectivity index (χ1) is 8.97. The predicted molar refractivity (Wildman–Crippen MR) is 74.6 cm³/mol. The maximum absolute atomic E-state index is 11.9. The molecule has 5 heteroatoms. The standard InChI is InChI=1S/C14H13ClO3S/c1-11-5-7-14(8-6-11)19(16,17)18-10-12-3-2-4-13(15)9-12/h2-9H,10H2,1H3. The highest BCUT2D eigenvalue weighted by atomic mass is 35.5. The zero-order valence-electron chi connectivity index (χ0n) is 10.3. The van der Waals surface area contributed by atoms with E-state index >= 15 is 0 Å². The highest BCUT2D eigenvalue weighted by Gasteiger charge is 2.14. The lowest BCUT2D eigenvalue weighted by atomic mass is 10.2. The molecule has 0 spiro atoms.